The van der Waals surface area contributed by atoms with Gasteiger partial charge < -0.3 is 69.6 Å². The number of ether oxygens (including phenoxy) is 5. The lowest BCUT2D eigenvalue weighted by atomic mass is 9.41. The van der Waals surface area contributed by atoms with Gasteiger partial charge in [0.25, 0.3) is 0 Å². The fraction of sp³-hybridized carbons (Fsp3) is 1.00. The highest BCUT2D eigenvalue weighted by atomic mass is 16.7. The molecule has 2 spiro atoms. The minimum Gasteiger partial charge on any atom is -0.394 e. The number of aliphatic hydroxyl groups excluding tert-OH is 8. The minimum atomic E-state index is -1.60. The molecule has 14 heteroatoms. The highest BCUT2D eigenvalue weighted by Gasteiger charge is 2.85. The van der Waals surface area contributed by atoms with Gasteiger partial charge in [-0.05, 0) is 117 Å². The zero-order valence-electron chi connectivity index (χ0n) is 33.6. The topological polar surface area (TPSA) is 228 Å². The van der Waals surface area contributed by atoms with Crippen LogP contribution >= 0.6 is 0 Å². The Bertz CT molecular complexity index is 1460. The van der Waals surface area contributed by atoms with E-state index >= 15 is 0 Å². The van der Waals surface area contributed by atoms with Crippen LogP contribution in [-0.2, 0) is 23.7 Å². The molecule has 14 nitrogen and oxygen atoms in total. The zero-order chi connectivity index (χ0) is 40.1. The van der Waals surface area contributed by atoms with Crippen molar-refractivity contribution >= 4 is 0 Å². The lowest BCUT2D eigenvalue weighted by Gasteiger charge is -2.65. The molecule has 5 aliphatic carbocycles. The lowest BCUT2D eigenvalue weighted by Crippen LogP contribution is -2.65. The molecule has 8 rings (SSSR count). The van der Waals surface area contributed by atoms with Gasteiger partial charge in [0.15, 0.2) is 12.6 Å². The summed E-state index contributed by atoms with van der Waals surface area (Å²) in [5, 5.41) is 97.2. The van der Waals surface area contributed by atoms with E-state index < -0.39 is 96.8 Å². The first-order chi connectivity index (χ1) is 25.5. The average Bonchev–Trinajstić information content (AvgIpc) is 3.47. The maximum atomic E-state index is 12.2. The molecule has 0 radical (unpaired) electrons. The van der Waals surface area contributed by atoms with Gasteiger partial charge in [-0.1, -0.05) is 27.7 Å². The number of hydrogen-bond acceptors (Lipinski definition) is 14. The summed E-state index contributed by atoms with van der Waals surface area (Å²) in [4.78, 5) is 0. The van der Waals surface area contributed by atoms with Crippen LogP contribution in [0.5, 0.6) is 0 Å². The third kappa shape index (κ3) is 5.70. The van der Waals surface area contributed by atoms with Crippen LogP contribution in [0.3, 0.4) is 0 Å². The van der Waals surface area contributed by atoms with Crippen LogP contribution in [0.25, 0.3) is 0 Å². The van der Waals surface area contributed by atoms with E-state index in [2.05, 4.69) is 34.6 Å². The second kappa shape index (κ2) is 13.2. The van der Waals surface area contributed by atoms with E-state index in [1.165, 1.54) is 0 Å². The Morgan fingerprint density at radius 3 is 2.05 bits per heavy atom. The van der Waals surface area contributed by atoms with Gasteiger partial charge >= 0.3 is 0 Å². The van der Waals surface area contributed by atoms with Gasteiger partial charge in [0.1, 0.15) is 42.7 Å². The number of hydrogen-bond donors (Lipinski definition) is 9. The largest absolute Gasteiger partial charge is 0.394 e. The van der Waals surface area contributed by atoms with Gasteiger partial charge in [0, 0.05) is 5.92 Å². The Hall–Kier alpha value is -0.560. The summed E-state index contributed by atoms with van der Waals surface area (Å²) >= 11 is 0. The molecule has 316 valence electrons. The molecule has 55 heavy (non-hydrogen) atoms. The highest BCUT2D eigenvalue weighted by Crippen LogP contribution is 2.89. The summed E-state index contributed by atoms with van der Waals surface area (Å²) in [5.74, 6) is -0.215. The fourth-order valence-electron chi connectivity index (χ4n) is 14.9. The van der Waals surface area contributed by atoms with Crippen molar-refractivity contribution in [2.75, 3.05) is 13.2 Å². The molecule has 0 unspecified atom stereocenters. The van der Waals surface area contributed by atoms with Crippen molar-refractivity contribution in [3.63, 3.8) is 0 Å². The van der Waals surface area contributed by atoms with E-state index in [1.54, 1.807) is 13.8 Å². The molecule has 0 bridgehead atoms. The second-order valence-corrected chi connectivity index (χ2v) is 21.1. The molecule has 8 fully saturated rings. The monoisotopic (exact) mass is 784 g/mol. The van der Waals surface area contributed by atoms with Gasteiger partial charge in [-0.3, -0.25) is 0 Å². The first-order valence-corrected chi connectivity index (χ1v) is 20.9. The van der Waals surface area contributed by atoms with Gasteiger partial charge in [0.05, 0.1) is 48.8 Å². The van der Waals surface area contributed by atoms with Gasteiger partial charge in [-0.2, -0.15) is 0 Å². The molecule has 0 amide bonds. The molecule has 3 saturated heterocycles. The van der Waals surface area contributed by atoms with Crippen LogP contribution < -0.4 is 0 Å². The van der Waals surface area contributed by atoms with E-state index in [0.29, 0.717) is 25.7 Å². The van der Waals surface area contributed by atoms with E-state index in [0.717, 1.165) is 32.1 Å². The van der Waals surface area contributed by atoms with Gasteiger partial charge in [-0.15, -0.1) is 0 Å². The third-order valence-electron chi connectivity index (χ3n) is 17.6. The quantitative estimate of drug-likeness (QED) is 0.162. The summed E-state index contributed by atoms with van der Waals surface area (Å²) in [7, 11) is 0. The van der Waals surface area contributed by atoms with Crippen LogP contribution in [0.2, 0.25) is 0 Å². The van der Waals surface area contributed by atoms with Crippen LogP contribution in [-0.4, -0.2) is 150 Å². The lowest BCUT2D eigenvalue weighted by molar-refractivity contribution is -0.339. The Balaban J connectivity index is 1.15. The second-order valence-electron chi connectivity index (χ2n) is 21.1. The van der Waals surface area contributed by atoms with Crippen molar-refractivity contribution in [2.24, 2.45) is 44.8 Å². The Kier molecular flexibility index (Phi) is 9.90. The van der Waals surface area contributed by atoms with E-state index in [4.69, 9.17) is 23.7 Å². The first kappa shape index (κ1) is 41.2. The van der Waals surface area contributed by atoms with Crippen molar-refractivity contribution < 1.29 is 69.6 Å². The molecule has 0 aromatic carbocycles. The van der Waals surface area contributed by atoms with E-state index in [1.807, 2.05) is 0 Å². The van der Waals surface area contributed by atoms with Crippen LogP contribution in [0.1, 0.15) is 106 Å². The predicted molar refractivity (Wildman–Crippen MR) is 194 cm³/mol. The molecule has 8 aliphatic rings. The van der Waals surface area contributed by atoms with Gasteiger partial charge in [-0.25, -0.2) is 0 Å². The van der Waals surface area contributed by atoms with Crippen LogP contribution in [0.15, 0.2) is 0 Å². The maximum Gasteiger partial charge on any atom is 0.186 e. The summed E-state index contributed by atoms with van der Waals surface area (Å²) in [6.45, 7) is 13.8. The summed E-state index contributed by atoms with van der Waals surface area (Å²) in [6.07, 6.45) is -7.48. The standard InChI is InChI=1S/C41H68O14/c1-35(2)24(54-33-29(48)26(45)20(44)17-51-33)9-11-41-18-40(41)13-12-37(5)31(39(7)10-8-25(55-39)36(3,4)50)19(43)15-38(37,6)23(40)14-21(32(35)41)52-34-30(49)28(47)27(46)22(16-42)53-34/h19-34,42-50H,8-18H2,1-7H3/t19-,20+,21-,22-,23+,24+,25-,26-,27-,28+,29+,30-,31+,32-,33-,34-,37+,38-,39+,40-,41+/m0/s1. The molecule has 3 heterocycles. The molecular formula is C41H68O14. The first-order valence-electron chi connectivity index (χ1n) is 20.9. The van der Waals surface area contributed by atoms with Gasteiger partial charge in [0.2, 0.25) is 0 Å². The molecule has 3 aliphatic heterocycles. The summed E-state index contributed by atoms with van der Waals surface area (Å²) < 4.78 is 31.9. The SMILES string of the molecule is CC(C)(O)[C@@H]1CC[C@](C)([C@@H]2[C@@H](O)C[C@@]3(C)[C@H]4C[C@H](O[C@H]5O[C@@H](CO)[C@H](O)[C@@H](O)[C@@H]5O)[C@H]5C(C)(C)[C@H](O[C@@H]6OC[C@@H](O)[C@H](O)[C@H]6O)CC[C@@]56C[C@@]46CC[C@]23C)O1. The molecule has 9 N–H and O–H groups in total. The Morgan fingerprint density at radius 1 is 0.709 bits per heavy atom. The predicted octanol–water partition coefficient (Wildman–Crippen LogP) is 0.724. The number of aliphatic hydroxyl groups is 9. The van der Waals surface area contributed by atoms with E-state index in [9.17, 15) is 46.0 Å². The van der Waals surface area contributed by atoms with Crippen molar-refractivity contribution in [1.82, 2.24) is 0 Å². The Morgan fingerprint density at radius 2 is 1.40 bits per heavy atom. The fourth-order valence-corrected chi connectivity index (χ4v) is 14.9. The average molecular weight is 785 g/mol. The summed E-state index contributed by atoms with van der Waals surface area (Å²) in [5.41, 5.74) is -3.16. The highest BCUT2D eigenvalue weighted by molar-refractivity contribution is 5.33. The molecule has 0 aromatic rings. The normalized spacial score (nSPS) is 58.7. The maximum absolute atomic E-state index is 12.2. The van der Waals surface area contributed by atoms with E-state index in [-0.39, 0.29) is 52.1 Å². The van der Waals surface area contributed by atoms with Crippen molar-refractivity contribution in [1.29, 1.82) is 0 Å². The molecule has 21 atom stereocenters. The minimum absolute atomic E-state index is 0.0633. The smallest absolute Gasteiger partial charge is 0.186 e. The van der Waals surface area contributed by atoms with Crippen molar-refractivity contribution in [3.05, 3.63) is 0 Å². The van der Waals surface area contributed by atoms with Crippen LogP contribution in [0.4, 0.5) is 0 Å². The van der Waals surface area contributed by atoms with Crippen LogP contribution in [0, 0.1) is 44.8 Å². The number of fused-ring (bicyclic) bond motifs is 2. The summed E-state index contributed by atoms with van der Waals surface area (Å²) in [6, 6.07) is 0. The molecule has 5 saturated carbocycles. The van der Waals surface area contributed by atoms with Crippen molar-refractivity contribution in [3.8, 4) is 0 Å². The van der Waals surface area contributed by atoms with Crippen molar-refractivity contribution in [2.45, 2.75) is 197 Å². The molecular weight excluding hydrogens is 716 g/mol. The third-order valence-corrected chi connectivity index (χ3v) is 17.6. The molecule has 0 aromatic heterocycles. The Labute approximate surface area is 324 Å². The zero-order valence-corrected chi connectivity index (χ0v) is 33.6. The number of rotatable bonds is 7.